The number of urea groups is 1. The van der Waals surface area contributed by atoms with Crippen molar-refractivity contribution in [1.82, 2.24) is 4.90 Å². The van der Waals surface area contributed by atoms with Crippen LogP contribution in [0, 0.1) is 6.92 Å². The number of nitrogens with two attached hydrogens (primary N) is 2. The summed E-state index contributed by atoms with van der Waals surface area (Å²) in [6, 6.07) is 17.9. The van der Waals surface area contributed by atoms with Crippen LogP contribution in [0.5, 0.6) is 0 Å². The summed E-state index contributed by atoms with van der Waals surface area (Å²) in [7, 11) is 0. The number of unbranched alkanes of at least 4 members (excludes halogenated alkanes) is 1. The van der Waals surface area contributed by atoms with Crippen LogP contribution < -0.4 is 11.5 Å². The van der Waals surface area contributed by atoms with Crippen LogP contribution >= 0.6 is 0 Å². The van der Waals surface area contributed by atoms with E-state index in [-0.39, 0.29) is 6.04 Å². The molecule has 0 heterocycles. The van der Waals surface area contributed by atoms with Crippen molar-refractivity contribution < 1.29 is 4.79 Å². The first-order valence-electron chi connectivity index (χ1n) is 8.48. The predicted octanol–water partition coefficient (Wildman–Crippen LogP) is 3.75. The summed E-state index contributed by atoms with van der Waals surface area (Å²) in [6.45, 7) is 3.23. The van der Waals surface area contributed by atoms with Gasteiger partial charge in [-0.05, 0) is 43.9 Å². The molecule has 0 aliphatic heterocycles. The first-order chi connectivity index (χ1) is 11.6. The van der Waals surface area contributed by atoms with Crippen LogP contribution in [-0.2, 0) is 6.54 Å². The van der Waals surface area contributed by atoms with Crippen molar-refractivity contribution in [2.24, 2.45) is 11.5 Å². The van der Waals surface area contributed by atoms with Crippen molar-refractivity contribution >= 4 is 6.03 Å². The van der Waals surface area contributed by atoms with Crippen LogP contribution in [0.1, 0.15) is 42.0 Å². The molecule has 0 aliphatic carbocycles. The number of benzene rings is 2. The SMILES string of the molecule is Cc1ccc([C@H](CCCCN)N(Cc2ccccc2)C(N)=O)cc1. The van der Waals surface area contributed by atoms with Crippen molar-refractivity contribution in [2.45, 2.75) is 38.8 Å². The molecule has 4 N–H and O–H groups in total. The van der Waals surface area contributed by atoms with E-state index in [9.17, 15) is 4.79 Å². The lowest BCUT2D eigenvalue weighted by Gasteiger charge is -2.31. The highest BCUT2D eigenvalue weighted by Crippen LogP contribution is 2.28. The van der Waals surface area contributed by atoms with Gasteiger partial charge in [0.1, 0.15) is 0 Å². The molecule has 0 aromatic heterocycles. The fourth-order valence-electron chi connectivity index (χ4n) is 2.89. The van der Waals surface area contributed by atoms with E-state index in [1.54, 1.807) is 4.90 Å². The Labute approximate surface area is 144 Å². The molecule has 4 nitrogen and oxygen atoms in total. The molecule has 24 heavy (non-hydrogen) atoms. The second-order valence-electron chi connectivity index (χ2n) is 6.16. The second-order valence-corrected chi connectivity index (χ2v) is 6.16. The fourth-order valence-corrected chi connectivity index (χ4v) is 2.89. The number of hydrogen-bond acceptors (Lipinski definition) is 2. The van der Waals surface area contributed by atoms with Crippen molar-refractivity contribution in [3.63, 3.8) is 0 Å². The molecule has 0 saturated heterocycles. The van der Waals surface area contributed by atoms with E-state index in [0.717, 1.165) is 30.4 Å². The third-order valence-corrected chi connectivity index (χ3v) is 4.25. The summed E-state index contributed by atoms with van der Waals surface area (Å²) in [4.78, 5) is 13.9. The van der Waals surface area contributed by atoms with Gasteiger partial charge in [0.25, 0.3) is 0 Å². The number of hydrogen-bond donors (Lipinski definition) is 2. The van der Waals surface area contributed by atoms with Gasteiger partial charge in [0, 0.05) is 6.54 Å². The van der Waals surface area contributed by atoms with E-state index in [4.69, 9.17) is 11.5 Å². The van der Waals surface area contributed by atoms with Gasteiger partial charge in [-0.15, -0.1) is 0 Å². The third-order valence-electron chi connectivity index (χ3n) is 4.25. The Balaban J connectivity index is 2.26. The van der Waals surface area contributed by atoms with E-state index in [2.05, 4.69) is 31.2 Å². The molecule has 2 aromatic rings. The number of primary amides is 1. The Morgan fingerprint density at radius 3 is 2.29 bits per heavy atom. The lowest BCUT2D eigenvalue weighted by atomic mass is 9.98. The quantitative estimate of drug-likeness (QED) is 0.726. The minimum atomic E-state index is -0.392. The Bertz CT molecular complexity index is 625. The maximum Gasteiger partial charge on any atom is 0.315 e. The molecule has 0 aliphatic rings. The summed E-state index contributed by atoms with van der Waals surface area (Å²) in [6.07, 6.45) is 2.77. The van der Waals surface area contributed by atoms with Crippen LogP contribution in [0.3, 0.4) is 0 Å². The Morgan fingerprint density at radius 2 is 1.71 bits per heavy atom. The van der Waals surface area contributed by atoms with Gasteiger partial charge in [-0.2, -0.15) is 0 Å². The van der Waals surface area contributed by atoms with Crippen molar-refractivity contribution in [3.05, 3.63) is 71.3 Å². The minimum absolute atomic E-state index is 0.0325. The van der Waals surface area contributed by atoms with Crippen molar-refractivity contribution in [3.8, 4) is 0 Å². The number of aryl methyl sites for hydroxylation is 1. The van der Waals surface area contributed by atoms with Crippen LogP contribution in [0.25, 0.3) is 0 Å². The molecular formula is C20H27N3O. The first-order valence-corrected chi connectivity index (χ1v) is 8.48. The van der Waals surface area contributed by atoms with Gasteiger partial charge in [-0.1, -0.05) is 60.2 Å². The van der Waals surface area contributed by atoms with Crippen LogP contribution in [0.4, 0.5) is 4.79 Å². The maximum absolute atomic E-state index is 12.1. The number of carbonyl (C=O) groups excluding carboxylic acids is 1. The number of nitrogens with zero attached hydrogens (tertiary/aromatic N) is 1. The van der Waals surface area contributed by atoms with E-state index >= 15 is 0 Å². The minimum Gasteiger partial charge on any atom is -0.351 e. The molecule has 0 unspecified atom stereocenters. The van der Waals surface area contributed by atoms with Crippen molar-refractivity contribution in [2.75, 3.05) is 6.54 Å². The average molecular weight is 325 g/mol. The first kappa shape index (κ1) is 18.0. The van der Waals surface area contributed by atoms with Gasteiger partial charge in [0.15, 0.2) is 0 Å². The topological polar surface area (TPSA) is 72.3 Å². The lowest BCUT2D eigenvalue weighted by Crippen LogP contribution is -2.38. The molecule has 4 heteroatoms. The smallest absolute Gasteiger partial charge is 0.315 e. The highest BCUT2D eigenvalue weighted by Gasteiger charge is 2.23. The molecule has 128 valence electrons. The highest BCUT2D eigenvalue weighted by atomic mass is 16.2. The van der Waals surface area contributed by atoms with Crippen LogP contribution in [0.2, 0.25) is 0 Å². The zero-order valence-electron chi connectivity index (χ0n) is 14.3. The molecule has 2 amide bonds. The number of carbonyl (C=O) groups is 1. The average Bonchev–Trinajstić information content (AvgIpc) is 2.59. The molecule has 0 saturated carbocycles. The molecule has 2 aromatic carbocycles. The van der Waals surface area contributed by atoms with Crippen LogP contribution in [0.15, 0.2) is 54.6 Å². The Hall–Kier alpha value is -2.33. The summed E-state index contributed by atoms with van der Waals surface area (Å²) >= 11 is 0. The zero-order chi connectivity index (χ0) is 17.4. The Morgan fingerprint density at radius 1 is 1.04 bits per heavy atom. The molecular weight excluding hydrogens is 298 g/mol. The number of amides is 2. The molecule has 1 atom stereocenters. The van der Waals surface area contributed by atoms with E-state index in [1.807, 2.05) is 30.3 Å². The van der Waals surface area contributed by atoms with Crippen molar-refractivity contribution in [1.29, 1.82) is 0 Å². The summed E-state index contributed by atoms with van der Waals surface area (Å²) in [5.74, 6) is 0. The van der Waals surface area contributed by atoms with Gasteiger partial charge >= 0.3 is 6.03 Å². The number of rotatable bonds is 8. The Kier molecular flexibility index (Phi) is 6.82. The summed E-state index contributed by atoms with van der Waals surface area (Å²) < 4.78 is 0. The van der Waals surface area contributed by atoms with E-state index < -0.39 is 6.03 Å². The van der Waals surface area contributed by atoms with Gasteiger partial charge in [0.2, 0.25) is 0 Å². The fraction of sp³-hybridized carbons (Fsp3) is 0.350. The van der Waals surface area contributed by atoms with Gasteiger partial charge in [0.05, 0.1) is 6.04 Å². The van der Waals surface area contributed by atoms with E-state index in [0.29, 0.717) is 13.1 Å². The molecule has 0 bridgehead atoms. The standard InChI is InChI=1S/C20H27N3O/c1-16-10-12-18(13-11-16)19(9-5-6-14-21)23(20(22)24)15-17-7-3-2-4-8-17/h2-4,7-8,10-13,19H,5-6,9,14-15,21H2,1H3,(H2,22,24)/t19-/m0/s1. The largest absolute Gasteiger partial charge is 0.351 e. The molecule has 2 rings (SSSR count). The third kappa shape index (κ3) is 5.10. The summed E-state index contributed by atoms with van der Waals surface area (Å²) in [5, 5.41) is 0. The monoisotopic (exact) mass is 325 g/mol. The lowest BCUT2D eigenvalue weighted by molar-refractivity contribution is 0.174. The summed E-state index contributed by atoms with van der Waals surface area (Å²) in [5.41, 5.74) is 14.7. The van der Waals surface area contributed by atoms with Crippen LogP contribution in [-0.4, -0.2) is 17.5 Å². The second kappa shape index (κ2) is 9.08. The maximum atomic E-state index is 12.1. The molecule has 0 fully saturated rings. The van der Waals surface area contributed by atoms with Gasteiger partial charge < -0.3 is 16.4 Å². The van der Waals surface area contributed by atoms with Gasteiger partial charge in [-0.25, -0.2) is 4.79 Å². The predicted molar refractivity (Wildman–Crippen MR) is 98.4 cm³/mol. The van der Waals surface area contributed by atoms with Gasteiger partial charge in [-0.3, -0.25) is 0 Å². The van der Waals surface area contributed by atoms with E-state index in [1.165, 1.54) is 5.56 Å². The zero-order valence-corrected chi connectivity index (χ0v) is 14.3. The molecule has 0 spiro atoms. The normalized spacial score (nSPS) is 11.9. The molecule has 0 radical (unpaired) electrons. The highest BCUT2D eigenvalue weighted by molar-refractivity contribution is 5.72.